The van der Waals surface area contributed by atoms with Crippen LogP contribution in [0.5, 0.6) is 0 Å². The molecule has 0 fully saturated rings. The summed E-state index contributed by atoms with van der Waals surface area (Å²) in [6.45, 7) is 4.17. The number of rotatable bonds is 2. The quantitative estimate of drug-likeness (QED) is 0.832. The van der Waals surface area contributed by atoms with Crippen LogP contribution in [0.1, 0.15) is 11.1 Å². The molecule has 2 rings (SSSR count). The lowest BCUT2D eigenvalue weighted by molar-refractivity contribution is 1.25. The first kappa shape index (κ1) is 11.1. The third kappa shape index (κ3) is 2.61. The Kier molecular flexibility index (Phi) is 3.25. The molecule has 0 amide bonds. The number of nitrogens with one attached hydrogen (secondary N) is 1. The molecule has 0 aliphatic rings. The number of aryl methyl sites for hydroxylation is 2. The first-order valence-corrected chi connectivity index (χ1v) is 5.91. The van der Waals surface area contributed by atoms with Gasteiger partial charge in [-0.15, -0.1) is 0 Å². The molecule has 0 atom stereocenters. The highest BCUT2D eigenvalue weighted by Crippen LogP contribution is 2.21. The van der Waals surface area contributed by atoms with Crippen molar-refractivity contribution in [2.75, 3.05) is 5.32 Å². The van der Waals surface area contributed by atoms with Crippen molar-refractivity contribution in [2.45, 2.75) is 13.8 Å². The summed E-state index contributed by atoms with van der Waals surface area (Å²) in [6.07, 6.45) is 0. The lowest BCUT2D eigenvalue weighted by Gasteiger charge is -2.09. The zero-order valence-corrected chi connectivity index (χ0v) is 10.9. The van der Waals surface area contributed by atoms with E-state index in [2.05, 4.69) is 58.3 Å². The minimum absolute atomic E-state index is 0.836. The van der Waals surface area contributed by atoms with Crippen LogP contribution in [0.25, 0.3) is 0 Å². The zero-order valence-electron chi connectivity index (χ0n) is 9.29. The van der Waals surface area contributed by atoms with Gasteiger partial charge in [0.1, 0.15) is 10.4 Å². The van der Waals surface area contributed by atoms with Crippen LogP contribution in [0.3, 0.4) is 0 Å². The Labute approximate surface area is 104 Å². The van der Waals surface area contributed by atoms with E-state index >= 15 is 0 Å². The van der Waals surface area contributed by atoms with Crippen molar-refractivity contribution >= 4 is 27.4 Å². The van der Waals surface area contributed by atoms with Gasteiger partial charge in [-0.25, -0.2) is 4.98 Å². The molecule has 2 aromatic rings. The molecule has 0 unspecified atom stereocenters. The Balaban J connectivity index is 2.30. The molecule has 2 nitrogen and oxygen atoms in total. The second-order valence-electron chi connectivity index (χ2n) is 3.79. The predicted octanol–water partition coefficient (Wildman–Crippen LogP) is 4.20. The van der Waals surface area contributed by atoms with Gasteiger partial charge in [0.15, 0.2) is 0 Å². The maximum absolute atomic E-state index is 4.34. The van der Waals surface area contributed by atoms with Crippen LogP contribution in [0.15, 0.2) is 41.0 Å². The summed E-state index contributed by atoms with van der Waals surface area (Å²) in [7, 11) is 0. The van der Waals surface area contributed by atoms with Gasteiger partial charge in [0.05, 0.1) is 0 Å². The largest absolute Gasteiger partial charge is 0.340 e. The monoisotopic (exact) mass is 276 g/mol. The molecular weight excluding hydrogens is 264 g/mol. The molecular formula is C13H13BrN2. The lowest BCUT2D eigenvalue weighted by Crippen LogP contribution is -1.96. The van der Waals surface area contributed by atoms with Crippen LogP contribution in [-0.4, -0.2) is 4.98 Å². The highest BCUT2D eigenvalue weighted by Gasteiger charge is 2.00. The van der Waals surface area contributed by atoms with Crippen LogP contribution in [0.2, 0.25) is 0 Å². The van der Waals surface area contributed by atoms with Crippen LogP contribution in [0.4, 0.5) is 11.5 Å². The number of hydrogen-bond donors (Lipinski definition) is 1. The van der Waals surface area contributed by atoms with Crippen LogP contribution in [-0.2, 0) is 0 Å². The molecule has 0 radical (unpaired) electrons. The number of benzene rings is 1. The molecule has 1 N–H and O–H groups in total. The summed E-state index contributed by atoms with van der Waals surface area (Å²) in [5.41, 5.74) is 3.56. The minimum atomic E-state index is 0.836. The van der Waals surface area contributed by atoms with E-state index in [1.807, 2.05) is 18.2 Å². The number of anilines is 2. The van der Waals surface area contributed by atoms with E-state index in [0.717, 1.165) is 16.1 Å². The standard InChI is InChI=1S/C13H13BrN2/c1-9-6-7-10(2)11(8-9)15-13-5-3-4-12(14)16-13/h3-8H,1-2H3,(H,15,16). The minimum Gasteiger partial charge on any atom is -0.340 e. The van der Waals surface area contributed by atoms with Crippen molar-refractivity contribution in [1.29, 1.82) is 0 Å². The molecule has 0 saturated carbocycles. The summed E-state index contributed by atoms with van der Waals surface area (Å²) in [6, 6.07) is 12.2. The van der Waals surface area contributed by atoms with Gasteiger partial charge in [-0.05, 0) is 59.1 Å². The topological polar surface area (TPSA) is 24.9 Å². The highest BCUT2D eigenvalue weighted by molar-refractivity contribution is 9.10. The third-order valence-corrected chi connectivity index (χ3v) is 2.81. The Bertz CT molecular complexity index is 509. The van der Waals surface area contributed by atoms with Gasteiger partial charge in [-0.3, -0.25) is 0 Å². The van der Waals surface area contributed by atoms with Crippen LogP contribution >= 0.6 is 15.9 Å². The second kappa shape index (κ2) is 4.66. The Morgan fingerprint density at radius 2 is 1.94 bits per heavy atom. The van der Waals surface area contributed by atoms with Crippen molar-refractivity contribution in [1.82, 2.24) is 4.98 Å². The average molecular weight is 277 g/mol. The molecule has 0 spiro atoms. The Morgan fingerprint density at radius 1 is 1.12 bits per heavy atom. The summed E-state index contributed by atoms with van der Waals surface area (Å²) < 4.78 is 0.836. The van der Waals surface area contributed by atoms with E-state index in [1.54, 1.807) is 0 Å². The van der Waals surface area contributed by atoms with Crippen molar-refractivity contribution in [3.63, 3.8) is 0 Å². The van der Waals surface area contributed by atoms with E-state index in [1.165, 1.54) is 11.1 Å². The number of halogens is 1. The molecule has 0 aliphatic heterocycles. The molecule has 0 saturated heterocycles. The van der Waals surface area contributed by atoms with E-state index < -0.39 is 0 Å². The number of pyridine rings is 1. The van der Waals surface area contributed by atoms with Gasteiger partial charge in [-0.1, -0.05) is 18.2 Å². The summed E-state index contributed by atoms with van der Waals surface area (Å²) in [4.78, 5) is 4.34. The molecule has 1 aromatic carbocycles. The summed E-state index contributed by atoms with van der Waals surface area (Å²) in [5.74, 6) is 0.850. The predicted molar refractivity (Wildman–Crippen MR) is 71.1 cm³/mol. The highest BCUT2D eigenvalue weighted by atomic mass is 79.9. The first-order chi connectivity index (χ1) is 7.65. The van der Waals surface area contributed by atoms with Crippen molar-refractivity contribution in [3.8, 4) is 0 Å². The molecule has 0 bridgehead atoms. The van der Waals surface area contributed by atoms with E-state index in [0.29, 0.717) is 0 Å². The van der Waals surface area contributed by atoms with Gasteiger partial charge >= 0.3 is 0 Å². The molecule has 82 valence electrons. The fourth-order valence-electron chi connectivity index (χ4n) is 1.49. The third-order valence-electron chi connectivity index (χ3n) is 2.37. The smallest absolute Gasteiger partial charge is 0.131 e. The van der Waals surface area contributed by atoms with Gasteiger partial charge in [0.25, 0.3) is 0 Å². The van der Waals surface area contributed by atoms with Crippen molar-refractivity contribution in [2.24, 2.45) is 0 Å². The number of nitrogens with zero attached hydrogens (tertiary/aromatic N) is 1. The Hall–Kier alpha value is -1.35. The first-order valence-electron chi connectivity index (χ1n) is 5.12. The van der Waals surface area contributed by atoms with Crippen LogP contribution < -0.4 is 5.32 Å². The van der Waals surface area contributed by atoms with Crippen molar-refractivity contribution in [3.05, 3.63) is 52.1 Å². The number of aromatic nitrogens is 1. The summed E-state index contributed by atoms with van der Waals surface area (Å²) in [5, 5.41) is 3.31. The molecule has 3 heteroatoms. The van der Waals surface area contributed by atoms with Gasteiger partial charge in [0, 0.05) is 5.69 Å². The molecule has 1 heterocycles. The second-order valence-corrected chi connectivity index (χ2v) is 4.60. The summed E-state index contributed by atoms with van der Waals surface area (Å²) >= 11 is 3.36. The van der Waals surface area contributed by atoms with E-state index in [9.17, 15) is 0 Å². The van der Waals surface area contributed by atoms with Gasteiger partial charge in [-0.2, -0.15) is 0 Å². The average Bonchev–Trinajstić information content (AvgIpc) is 2.24. The normalized spacial score (nSPS) is 10.2. The van der Waals surface area contributed by atoms with E-state index in [4.69, 9.17) is 0 Å². The number of hydrogen-bond acceptors (Lipinski definition) is 2. The maximum Gasteiger partial charge on any atom is 0.131 e. The van der Waals surface area contributed by atoms with Crippen LogP contribution in [0, 0.1) is 13.8 Å². The van der Waals surface area contributed by atoms with Crippen molar-refractivity contribution < 1.29 is 0 Å². The molecule has 1 aromatic heterocycles. The SMILES string of the molecule is Cc1ccc(C)c(Nc2cccc(Br)n2)c1. The van der Waals surface area contributed by atoms with Gasteiger partial charge in [0.2, 0.25) is 0 Å². The maximum atomic E-state index is 4.34. The Morgan fingerprint density at radius 3 is 2.69 bits per heavy atom. The fraction of sp³-hybridized carbons (Fsp3) is 0.154. The van der Waals surface area contributed by atoms with E-state index in [-0.39, 0.29) is 0 Å². The fourth-order valence-corrected chi connectivity index (χ4v) is 1.83. The lowest BCUT2D eigenvalue weighted by atomic mass is 10.1. The van der Waals surface area contributed by atoms with Gasteiger partial charge < -0.3 is 5.32 Å². The zero-order chi connectivity index (χ0) is 11.5. The molecule has 16 heavy (non-hydrogen) atoms. The molecule has 0 aliphatic carbocycles.